The van der Waals surface area contributed by atoms with Crippen molar-refractivity contribution in [3.05, 3.63) is 23.9 Å². The van der Waals surface area contributed by atoms with Gasteiger partial charge in [0.1, 0.15) is 5.82 Å². The van der Waals surface area contributed by atoms with Gasteiger partial charge in [0.2, 0.25) is 5.91 Å². The molecule has 0 radical (unpaired) electrons. The molecule has 1 aromatic heterocycles. The molecule has 1 N–H and O–H groups in total. The van der Waals surface area contributed by atoms with E-state index in [4.69, 9.17) is 0 Å². The minimum Gasteiger partial charge on any atom is -0.357 e. The molecule has 0 spiro atoms. The van der Waals surface area contributed by atoms with E-state index in [9.17, 15) is 18.0 Å². The molecular formula is C14H20F3N3O. The number of amides is 1. The minimum absolute atomic E-state index is 0.177. The summed E-state index contributed by atoms with van der Waals surface area (Å²) in [6.45, 7) is 5.69. The lowest BCUT2D eigenvalue weighted by Crippen LogP contribution is -2.28. The molecule has 0 aliphatic rings. The third-order valence-electron chi connectivity index (χ3n) is 3.04. The highest BCUT2D eigenvalue weighted by molar-refractivity contribution is 5.76. The summed E-state index contributed by atoms with van der Waals surface area (Å²) in [5.74, 6) is 0.139. The van der Waals surface area contributed by atoms with E-state index in [1.807, 2.05) is 24.8 Å². The van der Waals surface area contributed by atoms with Crippen LogP contribution in [0.25, 0.3) is 0 Å². The molecule has 1 rings (SSSR count). The molecule has 21 heavy (non-hydrogen) atoms. The number of carbonyl (C=O) groups excluding carboxylic acids is 1. The predicted molar refractivity (Wildman–Crippen MR) is 74.9 cm³/mol. The molecule has 7 heteroatoms. The number of nitrogens with one attached hydrogen (secondary N) is 1. The zero-order valence-electron chi connectivity index (χ0n) is 12.2. The van der Waals surface area contributed by atoms with E-state index >= 15 is 0 Å². The van der Waals surface area contributed by atoms with Gasteiger partial charge < -0.3 is 10.2 Å². The number of halogens is 3. The summed E-state index contributed by atoms with van der Waals surface area (Å²) < 4.78 is 36.1. The smallest absolute Gasteiger partial charge is 0.357 e. The maximum atomic E-state index is 12.0. The van der Waals surface area contributed by atoms with Crippen molar-refractivity contribution < 1.29 is 18.0 Å². The van der Waals surface area contributed by atoms with Crippen LogP contribution in [0.3, 0.4) is 0 Å². The molecule has 1 heterocycles. The Hall–Kier alpha value is -1.79. The van der Waals surface area contributed by atoms with Crippen LogP contribution >= 0.6 is 0 Å². The summed E-state index contributed by atoms with van der Waals surface area (Å²) in [7, 11) is 0. The number of anilines is 1. The molecule has 0 fully saturated rings. The Kier molecular flexibility index (Phi) is 6.45. The van der Waals surface area contributed by atoms with Crippen molar-refractivity contribution in [2.24, 2.45) is 0 Å². The van der Waals surface area contributed by atoms with Gasteiger partial charge in [0.25, 0.3) is 0 Å². The van der Waals surface area contributed by atoms with E-state index in [0.717, 1.165) is 24.5 Å². The van der Waals surface area contributed by atoms with Crippen molar-refractivity contribution in [2.45, 2.75) is 39.4 Å². The largest absolute Gasteiger partial charge is 0.389 e. The molecule has 1 aromatic rings. The molecule has 118 valence electrons. The van der Waals surface area contributed by atoms with Crippen LogP contribution in [0.5, 0.6) is 0 Å². The van der Waals surface area contributed by atoms with Crippen LogP contribution in [0.2, 0.25) is 0 Å². The number of aromatic nitrogens is 1. The maximum Gasteiger partial charge on any atom is 0.389 e. The maximum absolute atomic E-state index is 12.0. The molecule has 0 aromatic carbocycles. The monoisotopic (exact) mass is 303 g/mol. The van der Waals surface area contributed by atoms with Crippen molar-refractivity contribution in [1.82, 2.24) is 10.3 Å². The van der Waals surface area contributed by atoms with Gasteiger partial charge in [0.05, 0.1) is 6.42 Å². The van der Waals surface area contributed by atoms with Gasteiger partial charge in [-0.25, -0.2) is 4.98 Å². The van der Waals surface area contributed by atoms with Crippen LogP contribution in [0.4, 0.5) is 19.0 Å². The molecule has 1 amide bonds. The highest BCUT2D eigenvalue weighted by Crippen LogP contribution is 2.21. The number of pyridine rings is 1. The molecule has 0 bridgehead atoms. The van der Waals surface area contributed by atoms with Crippen molar-refractivity contribution >= 4 is 11.7 Å². The Morgan fingerprint density at radius 3 is 2.57 bits per heavy atom. The average molecular weight is 303 g/mol. The Labute approximate surface area is 122 Å². The SMILES string of the molecule is CCN(CC)c1ncccc1CNC(=O)CCC(F)(F)F. The molecular weight excluding hydrogens is 283 g/mol. The van der Waals surface area contributed by atoms with E-state index in [-0.39, 0.29) is 6.54 Å². The first-order valence-electron chi connectivity index (χ1n) is 6.89. The van der Waals surface area contributed by atoms with E-state index in [1.165, 1.54) is 0 Å². The molecule has 0 saturated heterocycles. The fourth-order valence-electron chi connectivity index (χ4n) is 1.91. The van der Waals surface area contributed by atoms with Gasteiger partial charge in [0.15, 0.2) is 0 Å². The molecule has 0 saturated carbocycles. The van der Waals surface area contributed by atoms with Crippen LogP contribution in [-0.2, 0) is 11.3 Å². The van der Waals surface area contributed by atoms with Gasteiger partial charge in [-0.1, -0.05) is 6.07 Å². The van der Waals surface area contributed by atoms with Crippen LogP contribution in [-0.4, -0.2) is 30.2 Å². The van der Waals surface area contributed by atoms with Gasteiger partial charge >= 0.3 is 6.18 Å². The predicted octanol–water partition coefficient (Wildman–Crippen LogP) is 2.89. The van der Waals surface area contributed by atoms with Crippen molar-refractivity contribution in [1.29, 1.82) is 0 Å². The lowest BCUT2D eigenvalue weighted by atomic mass is 10.2. The second-order valence-corrected chi connectivity index (χ2v) is 4.55. The second kappa shape index (κ2) is 7.85. The lowest BCUT2D eigenvalue weighted by molar-refractivity contribution is -0.144. The Bertz CT molecular complexity index is 459. The normalized spacial score (nSPS) is 11.3. The fourth-order valence-corrected chi connectivity index (χ4v) is 1.91. The first-order chi connectivity index (χ1) is 9.87. The van der Waals surface area contributed by atoms with Gasteiger partial charge in [-0.3, -0.25) is 4.79 Å². The summed E-state index contributed by atoms with van der Waals surface area (Å²) >= 11 is 0. The number of alkyl halides is 3. The highest BCUT2D eigenvalue weighted by Gasteiger charge is 2.27. The number of rotatable bonds is 7. The number of nitrogens with zero attached hydrogens (tertiary/aromatic N) is 2. The van der Waals surface area contributed by atoms with Crippen molar-refractivity contribution in [3.8, 4) is 0 Å². The third kappa shape index (κ3) is 6.01. The first kappa shape index (κ1) is 17.3. The van der Waals surface area contributed by atoms with E-state index < -0.39 is 24.9 Å². The summed E-state index contributed by atoms with van der Waals surface area (Å²) in [6.07, 6.45) is -4.31. The zero-order valence-corrected chi connectivity index (χ0v) is 12.2. The zero-order chi connectivity index (χ0) is 15.9. The quantitative estimate of drug-likeness (QED) is 0.842. The minimum atomic E-state index is -4.31. The molecule has 0 atom stereocenters. The fraction of sp³-hybridized carbons (Fsp3) is 0.571. The van der Waals surface area contributed by atoms with Crippen LogP contribution in [0.15, 0.2) is 18.3 Å². The Morgan fingerprint density at radius 1 is 1.33 bits per heavy atom. The van der Waals surface area contributed by atoms with E-state index in [0.29, 0.717) is 0 Å². The van der Waals surface area contributed by atoms with Crippen LogP contribution in [0.1, 0.15) is 32.3 Å². The molecule has 4 nitrogen and oxygen atoms in total. The molecule has 0 aliphatic heterocycles. The van der Waals surface area contributed by atoms with Gasteiger partial charge in [-0.15, -0.1) is 0 Å². The Balaban J connectivity index is 2.61. The third-order valence-corrected chi connectivity index (χ3v) is 3.04. The highest BCUT2D eigenvalue weighted by atomic mass is 19.4. The van der Waals surface area contributed by atoms with Crippen molar-refractivity contribution in [2.75, 3.05) is 18.0 Å². The van der Waals surface area contributed by atoms with Crippen LogP contribution < -0.4 is 10.2 Å². The number of hydrogen-bond donors (Lipinski definition) is 1. The number of hydrogen-bond acceptors (Lipinski definition) is 3. The lowest BCUT2D eigenvalue weighted by Gasteiger charge is -2.22. The van der Waals surface area contributed by atoms with Gasteiger partial charge in [0, 0.05) is 37.8 Å². The summed E-state index contributed by atoms with van der Waals surface area (Å²) in [4.78, 5) is 17.7. The number of carbonyl (C=O) groups is 1. The van der Waals surface area contributed by atoms with Crippen molar-refractivity contribution in [3.63, 3.8) is 0 Å². The summed E-state index contributed by atoms with van der Waals surface area (Å²) in [5, 5.41) is 2.51. The second-order valence-electron chi connectivity index (χ2n) is 4.55. The van der Waals surface area contributed by atoms with Gasteiger partial charge in [-0.2, -0.15) is 13.2 Å². The van der Waals surface area contributed by atoms with Gasteiger partial charge in [-0.05, 0) is 19.9 Å². The standard InChI is InChI=1S/C14H20F3N3O/c1-3-20(4-2)13-11(6-5-9-18-13)10-19-12(21)7-8-14(15,16)17/h5-6,9H,3-4,7-8,10H2,1-2H3,(H,19,21). The Morgan fingerprint density at radius 2 is 2.00 bits per heavy atom. The summed E-state index contributed by atoms with van der Waals surface area (Å²) in [6, 6.07) is 3.55. The first-order valence-corrected chi connectivity index (χ1v) is 6.89. The average Bonchev–Trinajstić information content (AvgIpc) is 2.44. The summed E-state index contributed by atoms with van der Waals surface area (Å²) in [5.41, 5.74) is 0.793. The molecule has 0 unspecified atom stereocenters. The van der Waals surface area contributed by atoms with E-state index in [1.54, 1.807) is 12.3 Å². The van der Waals surface area contributed by atoms with Crippen LogP contribution in [0, 0.1) is 0 Å². The topological polar surface area (TPSA) is 45.2 Å². The molecule has 0 aliphatic carbocycles. The van der Waals surface area contributed by atoms with E-state index in [2.05, 4.69) is 10.3 Å².